The Balaban J connectivity index is 1.89. The lowest BCUT2D eigenvalue weighted by atomic mass is 10.2. The minimum Gasteiger partial charge on any atom is -0.484 e. The van der Waals surface area contributed by atoms with Gasteiger partial charge in [-0.25, -0.2) is 8.78 Å². The molecular weight excluding hydrogens is 278 g/mol. The first-order chi connectivity index (χ1) is 10.1. The quantitative estimate of drug-likeness (QED) is 0.889. The van der Waals surface area contributed by atoms with Crippen molar-refractivity contribution in [2.45, 2.75) is 6.54 Å². The summed E-state index contributed by atoms with van der Waals surface area (Å²) in [6.07, 6.45) is 0. The molecule has 0 aliphatic rings. The fourth-order valence-electron chi connectivity index (χ4n) is 1.69. The number of carbonyl (C=O) groups is 1. The maximum atomic E-state index is 13.0. The first-order valence-corrected chi connectivity index (χ1v) is 6.24. The highest BCUT2D eigenvalue weighted by Gasteiger charge is 2.06. The normalized spacial score (nSPS) is 10.2. The number of amides is 1. The Morgan fingerprint density at radius 3 is 2.29 bits per heavy atom. The van der Waals surface area contributed by atoms with Gasteiger partial charge in [-0.1, -0.05) is 12.1 Å². The molecule has 0 saturated heterocycles. The standard InChI is InChI=1S/C15H14F2N2O2/c16-11-5-12(17)7-13(6-11)19-15(20)9-21-14-3-1-10(8-18)2-4-14/h1-7H,8-9,18H2,(H,19,20). The summed E-state index contributed by atoms with van der Waals surface area (Å²) in [5.74, 6) is -1.53. The molecule has 6 heteroatoms. The summed E-state index contributed by atoms with van der Waals surface area (Å²) >= 11 is 0. The molecule has 0 atom stereocenters. The van der Waals surface area contributed by atoms with E-state index in [-0.39, 0.29) is 12.3 Å². The lowest BCUT2D eigenvalue weighted by Crippen LogP contribution is -2.20. The second-order valence-corrected chi connectivity index (χ2v) is 4.34. The van der Waals surface area contributed by atoms with Crippen molar-refractivity contribution in [1.82, 2.24) is 0 Å². The van der Waals surface area contributed by atoms with E-state index in [4.69, 9.17) is 10.5 Å². The molecule has 2 aromatic rings. The van der Waals surface area contributed by atoms with Crippen LogP contribution in [0.4, 0.5) is 14.5 Å². The van der Waals surface area contributed by atoms with Crippen molar-refractivity contribution in [3.05, 3.63) is 59.7 Å². The largest absolute Gasteiger partial charge is 0.484 e. The van der Waals surface area contributed by atoms with Gasteiger partial charge in [-0.2, -0.15) is 0 Å². The smallest absolute Gasteiger partial charge is 0.262 e. The molecule has 0 radical (unpaired) electrons. The van der Waals surface area contributed by atoms with Gasteiger partial charge in [-0.05, 0) is 29.8 Å². The molecule has 1 amide bonds. The number of hydrogen-bond acceptors (Lipinski definition) is 3. The van der Waals surface area contributed by atoms with Crippen molar-refractivity contribution in [3.8, 4) is 5.75 Å². The van der Waals surface area contributed by atoms with Gasteiger partial charge in [0.15, 0.2) is 6.61 Å². The zero-order valence-corrected chi connectivity index (χ0v) is 11.1. The van der Waals surface area contributed by atoms with Crippen LogP contribution in [0, 0.1) is 11.6 Å². The van der Waals surface area contributed by atoms with Gasteiger partial charge in [0.2, 0.25) is 0 Å². The Kier molecular flexibility index (Phi) is 4.84. The first kappa shape index (κ1) is 14.9. The second-order valence-electron chi connectivity index (χ2n) is 4.34. The maximum Gasteiger partial charge on any atom is 0.262 e. The van der Waals surface area contributed by atoms with Crippen molar-refractivity contribution in [2.24, 2.45) is 5.73 Å². The van der Waals surface area contributed by atoms with Gasteiger partial charge in [-0.3, -0.25) is 4.79 Å². The third kappa shape index (κ3) is 4.54. The maximum absolute atomic E-state index is 13.0. The molecule has 0 aliphatic heterocycles. The summed E-state index contributed by atoms with van der Waals surface area (Å²) in [7, 11) is 0. The highest BCUT2D eigenvalue weighted by atomic mass is 19.1. The average molecular weight is 292 g/mol. The van der Waals surface area contributed by atoms with E-state index in [9.17, 15) is 13.6 Å². The minimum absolute atomic E-state index is 0.0413. The van der Waals surface area contributed by atoms with Crippen molar-refractivity contribution in [2.75, 3.05) is 11.9 Å². The van der Waals surface area contributed by atoms with Gasteiger partial charge < -0.3 is 15.8 Å². The lowest BCUT2D eigenvalue weighted by Gasteiger charge is -2.08. The zero-order chi connectivity index (χ0) is 15.2. The minimum atomic E-state index is -0.761. The number of carbonyl (C=O) groups excluding carboxylic acids is 1. The number of halogens is 2. The van der Waals surface area contributed by atoms with Crippen molar-refractivity contribution < 1.29 is 18.3 Å². The molecule has 0 aliphatic carbocycles. The van der Waals surface area contributed by atoms with E-state index >= 15 is 0 Å². The van der Waals surface area contributed by atoms with Crippen LogP contribution in [0.2, 0.25) is 0 Å². The Morgan fingerprint density at radius 2 is 1.71 bits per heavy atom. The van der Waals surface area contributed by atoms with E-state index in [0.29, 0.717) is 12.3 Å². The predicted octanol–water partition coefficient (Wildman–Crippen LogP) is 2.44. The molecule has 0 unspecified atom stereocenters. The number of anilines is 1. The fraction of sp³-hybridized carbons (Fsp3) is 0.133. The van der Waals surface area contributed by atoms with Gasteiger partial charge in [0.1, 0.15) is 17.4 Å². The number of rotatable bonds is 5. The van der Waals surface area contributed by atoms with Crippen LogP contribution in [-0.4, -0.2) is 12.5 Å². The van der Waals surface area contributed by atoms with Crippen LogP contribution in [0.3, 0.4) is 0 Å². The lowest BCUT2D eigenvalue weighted by molar-refractivity contribution is -0.118. The van der Waals surface area contributed by atoms with Crippen molar-refractivity contribution >= 4 is 11.6 Å². The SMILES string of the molecule is NCc1ccc(OCC(=O)Nc2cc(F)cc(F)c2)cc1. The fourth-order valence-corrected chi connectivity index (χ4v) is 1.69. The van der Waals surface area contributed by atoms with Crippen molar-refractivity contribution in [1.29, 1.82) is 0 Å². The van der Waals surface area contributed by atoms with E-state index < -0.39 is 17.5 Å². The molecule has 2 rings (SSSR count). The molecule has 0 heterocycles. The van der Waals surface area contributed by atoms with E-state index in [1.165, 1.54) is 0 Å². The highest BCUT2D eigenvalue weighted by molar-refractivity contribution is 5.91. The molecule has 0 aromatic heterocycles. The topological polar surface area (TPSA) is 64.3 Å². The number of nitrogens with two attached hydrogens (primary N) is 1. The summed E-state index contributed by atoms with van der Waals surface area (Å²) < 4.78 is 31.2. The zero-order valence-electron chi connectivity index (χ0n) is 11.1. The Hall–Kier alpha value is -2.47. The van der Waals surface area contributed by atoms with E-state index in [1.54, 1.807) is 24.3 Å². The number of nitrogens with one attached hydrogen (secondary N) is 1. The third-order valence-electron chi connectivity index (χ3n) is 2.68. The van der Waals surface area contributed by atoms with Crippen LogP contribution in [-0.2, 0) is 11.3 Å². The summed E-state index contributed by atoms with van der Waals surface area (Å²) in [5, 5.41) is 2.35. The van der Waals surface area contributed by atoms with Crippen LogP contribution < -0.4 is 15.8 Å². The van der Waals surface area contributed by atoms with Gasteiger partial charge >= 0.3 is 0 Å². The summed E-state index contributed by atoms with van der Waals surface area (Å²) in [6, 6.07) is 9.73. The average Bonchev–Trinajstić information content (AvgIpc) is 2.44. The van der Waals surface area contributed by atoms with Gasteiger partial charge in [-0.15, -0.1) is 0 Å². The summed E-state index contributed by atoms with van der Waals surface area (Å²) in [6.45, 7) is 0.159. The monoisotopic (exact) mass is 292 g/mol. The van der Waals surface area contributed by atoms with Crippen LogP contribution in [0.15, 0.2) is 42.5 Å². The molecule has 3 N–H and O–H groups in total. The molecule has 0 saturated carbocycles. The molecule has 2 aromatic carbocycles. The van der Waals surface area contributed by atoms with Crippen LogP contribution in [0.25, 0.3) is 0 Å². The number of benzene rings is 2. The Morgan fingerprint density at radius 1 is 1.10 bits per heavy atom. The molecule has 0 bridgehead atoms. The van der Waals surface area contributed by atoms with Crippen molar-refractivity contribution in [3.63, 3.8) is 0 Å². The van der Waals surface area contributed by atoms with E-state index in [2.05, 4.69) is 5.32 Å². The number of hydrogen-bond donors (Lipinski definition) is 2. The summed E-state index contributed by atoms with van der Waals surface area (Å²) in [5.41, 5.74) is 6.45. The highest BCUT2D eigenvalue weighted by Crippen LogP contribution is 2.14. The summed E-state index contributed by atoms with van der Waals surface area (Å²) in [4.78, 5) is 11.6. The van der Waals surface area contributed by atoms with E-state index in [0.717, 1.165) is 23.8 Å². The molecule has 0 spiro atoms. The molecule has 4 nitrogen and oxygen atoms in total. The Bertz CT molecular complexity index is 610. The molecule has 0 fully saturated rings. The first-order valence-electron chi connectivity index (χ1n) is 6.24. The predicted molar refractivity (Wildman–Crippen MR) is 74.8 cm³/mol. The molecular formula is C15H14F2N2O2. The third-order valence-corrected chi connectivity index (χ3v) is 2.68. The Labute approximate surface area is 120 Å². The van der Waals surface area contributed by atoms with Crippen LogP contribution in [0.1, 0.15) is 5.56 Å². The number of ether oxygens (including phenoxy) is 1. The van der Waals surface area contributed by atoms with E-state index in [1.807, 2.05) is 0 Å². The van der Waals surface area contributed by atoms with Crippen LogP contribution in [0.5, 0.6) is 5.75 Å². The van der Waals surface area contributed by atoms with Gasteiger partial charge in [0, 0.05) is 18.3 Å². The second kappa shape index (κ2) is 6.81. The van der Waals surface area contributed by atoms with Gasteiger partial charge in [0.05, 0.1) is 0 Å². The molecule has 21 heavy (non-hydrogen) atoms. The molecule has 110 valence electrons. The van der Waals surface area contributed by atoms with Gasteiger partial charge in [0.25, 0.3) is 5.91 Å². The van der Waals surface area contributed by atoms with Crippen LogP contribution >= 0.6 is 0 Å².